The van der Waals surface area contributed by atoms with Gasteiger partial charge in [0.25, 0.3) is 5.91 Å². The maximum absolute atomic E-state index is 11.4. The molecule has 1 aromatic heterocycles. The number of nitrogens with zero attached hydrogens (tertiary/aromatic N) is 1. The van der Waals surface area contributed by atoms with Crippen LogP contribution in [0.4, 0.5) is 5.69 Å². The molecule has 0 atom stereocenters. The molecular formula is C16H13N3O2. The van der Waals surface area contributed by atoms with E-state index < -0.39 is 5.91 Å². The molecule has 3 aromatic rings. The van der Waals surface area contributed by atoms with Crippen molar-refractivity contribution in [2.75, 3.05) is 5.73 Å². The number of amides is 1. The summed E-state index contributed by atoms with van der Waals surface area (Å²) in [5, 5.41) is 0.775. The van der Waals surface area contributed by atoms with Crippen LogP contribution in [-0.4, -0.2) is 10.9 Å². The van der Waals surface area contributed by atoms with E-state index in [2.05, 4.69) is 4.98 Å². The number of anilines is 1. The minimum Gasteiger partial charge on any atom is -0.456 e. The van der Waals surface area contributed by atoms with Crippen LogP contribution in [0.1, 0.15) is 10.4 Å². The lowest BCUT2D eigenvalue weighted by molar-refractivity contribution is 0.0998. The average molecular weight is 279 g/mol. The summed E-state index contributed by atoms with van der Waals surface area (Å²) in [6.07, 6.45) is 1.61. The van der Waals surface area contributed by atoms with Gasteiger partial charge in [-0.05, 0) is 30.3 Å². The lowest BCUT2D eigenvalue weighted by Gasteiger charge is -2.11. The highest BCUT2D eigenvalue weighted by molar-refractivity contribution is 5.96. The van der Waals surface area contributed by atoms with Crippen molar-refractivity contribution in [3.8, 4) is 11.5 Å². The van der Waals surface area contributed by atoms with Crippen LogP contribution in [0.5, 0.6) is 11.5 Å². The van der Waals surface area contributed by atoms with Gasteiger partial charge in [0.15, 0.2) is 0 Å². The molecule has 0 spiro atoms. The second-order valence-corrected chi connectivity index (χ2v) is 4.51. The molecule has 0 aliphatic carbocycles. The topological polar surface area (TPSA) is 91.2 Å². The number of ether oxygens (including phenoxy) is 1. The third-order valence-electron chi connectivity index (χ3n) is 3.13. The molecule has 0 saturated carbocycles. The normalized spacial score (nSPS) is 10.5. The van der Waals surface area contributed by atoms with Crippen LogP contribution >= 0.6 is 0 Å². The Morgan fingerprint density at radius 3 is 2.62 bits per heavy atom. The maximum Gasteiger partial charge on any atom is 0.252 e. The Hall–Kier alpha value is -3.08. The van der Waals surface area contributed by atoms with Crippen molar-refractivity contribution in [1.82, 2.24) is 4.98 Å². The molecule has 1 amide bonds. The lowest BCUT2D eigenvalue weighted by atomic mass is 10.1. The first-order chi connectivity index (χ1) is 10.2. The van der Waals surface area contributed by atoms with Crippen LogP contribution in [-0.2, 0) is 0 Å². The van der Waals surface area contributed by atoms with E-state index in [1.54, 1.807) is 42.6 Å². The summed E-state index contributed by atoms with van der Waals surface area (Å²) in [6, 6.07) is 14.0. The fraction of sp³-hybridized carbons (Fsp3) is 0. The zero-order chi connectivity index (χ0) is 14.8. The zero-order valence-corrected chi connectivity index (χ0v) is 11.1. The molecule has 0 unspecified atom stereocenters. The monoisotopic (exact) mass is 279 g/mol. The van der Waals surface area contributed by atoms with Gasteiger partial charge >= 0.3 is 0 Å². The molecule has 0 bridgehead atoms. The van der Waals surface area contributed by atoms with Crippen molar-refractivity contribution in [2.24, 2.45) is 5.73 Å². The molecule has 21 heavy (non-hydrogen) atoms. The molecule has 2 aromatic carbocycles. The Kier molecular flexibility index (Phi) is 3.16. The molecule has 5 heteroatoms. The molecule has 0 radical (unpaired) electrons. The number of nitrogens with two attached hydrogens (primary N) is 2. The third kappa shape index (κ3) is 2.36. The molecule has 104 valence electrons. The number of hydrogen-bond donors (Lipinski definition) is 2. The SMILES string of the molecule is NC(=O)c1ccccc1Oc1ccnc2c(N)cccc12. The summed E-state index contributed by atoms with van der Waals surface area (Å²) in [6.45, 7) is 0. The predicted molar refractivity (Wildman–Crippen MR) is 81.2 cm³/mol. The molecule has 5 nitrogen and oxygen atoms in total. The summed E-state index contributed by atoms with van der Waals surface area (Å²) in [5.41, 5.74) is 12.8. The van der Waals surface area contributed by atoms with Crippen molar-refractivity contribution >= 4 is 22.5 Å². The van der Waals surface area contributed by atoms with Gasteiger partial charge in [-0.3, -0.25) is 9.78 Å². The number of carbonyl (C=O) groups excluding carboxylic acids is 1. The van der Waals surface area contributed by atoms with Gasteiger partial charge in [-0.1, -0.05) is 18.2 Å². The molecule has 0 aliphatic heterocycles. The maximum atomic E-state index is 11.4. The molecular weight excluding hydrogens is 266 g/mol. The van der Waals surface area contributed by atoms with Crippen LogP contribution in [0, 0.1) is 0 Å². The first-order valence-electron chi connectivity index (χ1n) is 6.36. The highest BCUT2D eigenvalue weighted by atomic mass is 16.5. The lowest BCUT2D eigenvalue weighted by Crippen LogP contribution is -2.12. The summed E-state index contributed by atoms with van der Waals surface area (Å²) >= 11 is 0. The van der Waals surface area contributed by atoms with Gasteiger partial charge < -0.3 is 16.2 Å². The number of rotatable bonds is 3. The Bertz CT molecular complexity index is 831. The fourth-order valence-corrected chi connectivity index (χ4v) is 2.14. The number of pyridine rings is 1. The van der Waals surface area contributed by atoms with Gasteiger partial charge in [0, 0.05) is 11.6 Å². The van der Waals surface area contributed by atoms with E-state index in [-0.39, 0.29) is 0 Å². The van der Waals surface area contributed by atoms with Crippen molar-refractivity contribution in [1.29, 1.82) is 0 Å². The highest BCUT2D eigenvalue weighted by Crippen LogP contribution is 2.32. The van der Waals surface area contributed by atoms with Gasteiger partial charge in [-0.15, -0.1) is 0 Å². The number of carbonyl (C=O) groups is 1. The van der Waals surface area contributed by atoms with Crippen molar-refractivity contribution in [2.45, 2.75) is 0 Å². The van der Waals surface area contributed by atoms with Crippen molar-refractivity contribution < 1.29 is 9.53 Å². The summed E-state index contributed by atoms with van der Waals surface area (Å²) in [7, 11) is 0. The number of nitrogen functional groups attached to an aromatic ring is 1. The summed E-state index contributed by atoms with van der Waals surface area (Å²) in [4.78, 5) is 15.7. The number of fused-ring (bicyclic) bond motifs is 1. The molecule has 1 heterocycles. The fourth-order valence-electron chi connectivity index (χ4n) is 2.14. The van der Waals surface area contributed by atoms with Gasteiger partial charge in [-0.2, -0.15) is 0 Å². The smallest absolute Gasteiger partial charge is 0.252 e. The minimum absolute atomic E-state index is 0.325. The highest BCUT2D eigenvalue weighted by Gasteiger charge is 2.11. The first kappa shape index (κ1) is 12.9. The van der Waals surface area contributed by atoms with E-state index in [1.165, 1.54) is 0 Å². The Morgan fingerprint density at radius 1 is 1.00 bits per heavy atom. The second-order valence-electron chi connectivity index (χ2n) is 4.51. The number of hydrogen-bond acceptors (Lipinski definition) is 4. The number of aromatic nitrogens is 1. The standard InChI is InChI=1S/C16H13N3O2/c17-12-6-3-5-10-14(8-9-19-15(10)12)21-13-7-2-1-4-11(13)16(18)20/h1-9H,17H2,(H2,18,20). The molecule has 0 fully saturated rings. The molecule has 4 N–H and O–H groups in total. The van der Waals surface area contributed by atoms with E-state index in [9.17, 15) is 4.79 Å². The third-order valence-corrected chi connectivity index (χ3v) is 3.13. The molecule has 0 saturated heterocycles. The van der Waals surface area contributed by atoms with E-state index >= 15 is 0 Å². The molecule has 3 rings (SSSR count). The van der Waals surface area contributed by atoms with Crippen molar-refractivity contribution in [3.05, 3.63) is 60.3 Å². The Labute approximate surface area is 121 Å². The summed E-state index contributed by atoms with van der Waals surface area (Å²) in [5.74, 6) is 0.435. The average Bonchev–Trinajstić information content (AvgIpc) is 2.49. The zero-order valence-electron chi connectivity index (χ0n) is 11.1. The van der Waals surface area contributed by atoms with Crippen molar-refractivity contribution in [3.63, 3.8) is 0 Å². The van der Waals surface area contributed by atoms with Crippen LogP contribution in [0.2, 0.25) is 0 Å². The first-order valence-corrected chi connectivity index (χ1v) is 6.36. The minimum atomic E-state index is -0.538. The van der Waals surface area contributed by atoms with Crippen LogP contribution in [0.25, 0.3) is 10.9 Å². The Morgan fingerprint density at radius 2 is 1.81 bits per heavy atom. The van der Waals surface area contributed by atoms with E-state index in [0.29, 0.717) is 28.3 Å². The molecule has 0 aliphatic rings. The number of primary amides is 1. The predicted octanol–water partition coefficient (Wildman–Crippen LogP) is 2.71. The Balaban J connectivity index is 2.11. The second kappa shape index (κ2) is 5.13. The quantitative estimate of drug-likeness (QED) is 0.721. The van der Waals surface area contributed by atoms with E-state index in [1.807, 2.05) is 12.1 Å². The van der Waals surface area contributed by atoms with E-state index in [4.69, 9.17) is 16.2 Å². The summed E-state index contributed by atoms with van der Waals surface area (Å²) < 4.78 is 5.84. The van der Waals surface area contributed by atoms with Crippen LogP contribution in [0.15, 0.2) is 54.7 Å². The van der Waals surface area contributed by atoms with Gasteiger partial charge in [0.2, 0.25) is 0 Å². The van der Waals surface area contributed by atoms with Gasteiger partial charge in [-0.25, -0.2) is 0 Å². The largest absolute Gasteiger partial charge is 0.456 e. The van der Waals surface area contributed by atoms with Gasteiger partial charge in [0.1, 0.15) is 11.5 Å². The number of benzene rings is 2. The van der Waals surface area contributed by atoms with Gasteiger partial charge in [0.05, 0.1) is 16.8 Å². The van der Waals surface area contributed by atoms with Crippen LogP contribution in [0.3, 0.4) is 0 Å². The number of para-hydroxylation sites is 2. The van der Waals surface area contributed by atoms with Crippen LogP contribution < -0.4 is 16.2 Å². The van der Waals surface area contributed by atoms with E-state index in [0.717, 1.165) is 5.39 Å².